The number of rotatable bonds is 4. The predicted molar refractivity (Wildman–Crippen MR) is 316 cm³/mol. The number of hydrazone groups is 4. The summed E-state index contributed by atoms with van der Waals surface area (Å²) in [6.45, 7) is 0. The normalized spacial score (nSPS) is 21.4. The van der Waals surface area contributed by atoms with Gasteiger partial charge in [-0.3, -0.25) is 0 Å². The summed E-state index contributed by atoms with van der Waals surface area (Å²) in [4.78, 5) is 0. The van der Waals surface area contributed by atoms with Gasteiger partial charge in [-0.2, -0.15) is 20.4 Å². The van der Waals surface area contributed by atoms with E-state index in [0.29, 0.717) is 23.0 Å². The molecule has 0 N–H and O–H groups in total. The van der Waals surface area contributed by atoms with Crippen LogP contribution in [0.1, 0.15) is 22.3 Å². The molecule has 4 atom stereocenters. The van der Waals surface area contributed by atoms with Gasteiger partial charge in [-0.15, -0.1) is 0 Å². The Morgan fingerprint density at radius 2 is 0.527 bits per heavy atom. The summed E-state index contributed by atoms with van der Waals surface area (Å²) in [5, 5.41) is 23.3. The quantitative estimate of drug-likeness (QED) is 0.158. The molecule has 0 aliphatic carbocycles. The van der Waals surface area contributed by atoms with Crippen LogP contribution in [-0.2, 0) is 23.6 Å². The molecule has 7 aliphatic heterocycles. The second kappa shape index (κ2) is 24.4. The van der Waals surface area contributed by atoms with Crippen molar-refractivity contribution in [1.29, 1.82) is 0 Å². The van der Waals surface area contributed by atoms with Gasteiger partial charge in [0.05, 0.1) is 35.5 Å². The lowest BCUT2D eigenvalue weighted by Gasteiger charge is -2.35. The van der Waals surface area contributed by atoms with Gasteiger partial charge in [0.1, 0.15) is 23.0 Å². The number of hydrogen-bond acceptors (Lipinski definition) is 10. The van der Waals surface area contributed by atoms with Crippen molar-refractivity contribution in [3.05, 3.63) is 241 Å². The summed E-state index contributed by atoms with van der Waals surface area (Å²) in [7, 11) is 4.45. The molecule has 7 aliphatic rings. The van der Waals surface area contributed by atoms with E-state index in [1.807, 2.05) is 266 Å². The van der Waals surface area contributed by atoms with Crippen LogP contribution in [0.5, 0.6) is 23.0 Å². The SMILES string of the molecule is CN1/N=C\c2ccc(cc2)OP(c2ccccc2)Oc2ccc(cc2)/C=N\N(C)P(=S)(c2ccccc2)N(C)/N=C/c2ccc(cc2)OP(c2ccccc2)Oc2ccc(cc2)/C=N\N(C)P1(=S)c1ccccc1. The molecule has 0 spiro atoms. The fourth-order valence-corrected chi connectivity index (χ4v) is 15.1. The molecular weight excluding hydrogens is 1040 g/mol. The zero-order valence-corrected chi connectivity index (χ0v) is 46.1. The van der Waals surface area contributed by atoms with Gasteiger partial charge < -0.3 is 18.1 Å². The van der Waals surface area contributed by atoms with Gasteiger partial charge >= 0.3 is 16.8 Å². The third-order valence-corrected chi connectivity index (χ3v) is 24.0. The maximum absolute atomic E-state index is 6.58. The molecule has 0 saturated heterocycles. The summed E-state index contributed by atoms with van der Waals surface area (Å²) in [6.07, 6.45) is 1.69. The Bertz CT molecular complexity index is 2950. The standard InChI is InChI=1S/C56H52N8O4P4S2/c1-61-57-41-45-25-33-49(34-26-45)65-69(53-17-9-5-10-18-53)67-51-37-29-47(30-38-51)43-59-63(3)72(74,56-23-15-8-16-24-56)64(4)60-44-48-31-39-52(40-32-48)68-70(54-19-11-6-12-20-54)66-50-35-27-46(28-36-50)42-58-62(2)71(61,73)55-21-13-7-14-22-55/h5-44H,1-4H3/b57-41-,58-42-,59-43-,60-44+. The molecule has 12 nitrogen and oxygen atoms in total. The monoisotopic (exact) mass is 1090 g/mol. The molecule has 0 radical (unpaired) electrons. The average molecular weight is 1090 g/mol. The van der Waals surface area contributed by atoms with E-state index in [4.69, 9.17) is 62.1 Å². The van der Waals surface area contributed by atoms with Gasteiger partial charge in [-0.1, -0.05) is 97.1 Å². The Labute approximate surface area is 446 Å². The summed E-state index contributed by atoms with van der Waals surface area (Å²) in [6, 6.07) is 70.9. The Kier molecular flexibility index (Phi) is 17.1. The highest BCUT2D eigenvalue weighted by molar-refractivity contribution is 8.16. The van der Waals surface area contributed by atoms with Crippen molar-refractivity contribution >= 4 is 99.1 Å². The van der Waals surface area contributed by atoms with Gasteiger partial charge in [0.15, 0.2) is 12.7 Å². The predicted octanol–water partition coefficient (Wildman–Crippen LogP) is 11.9. The molecule has 0 amide bonds. The molecule has 4 unspecified atom stereocenters. The summed E-state index contributed by atoms with van der Waals surface area (Å²) >= 11 is 13.0. The van der Waals surface area contributed by atoms with E-state index in [1.165, 1.54) is 0 Å². The smallest absolute Gasteiger partial charge is 0.326 e. The highest BCUT2D eigenvalue weighted by Gasteiger charge is 2.31. The van der Waals surface area contributed by atoms with Crippen molar-refractivity contribution in [2.75, 3.05) is 28.2 Å². The Hall–Kier alpha value is -7.00. The number of hydrogen-bond donors (Lipinski definition) is 0. The van der Waals surface area contributed by atoms with Crippen LogP contribution >= 0.6 is 29.4 Å². The first-order valence-corrected chi connectivity index (χ1v) is 31.1. The van der Waals surface area contributed by atoms with Crippen molar-refractivity contribution in [2.24, 2.45) is 20.4 Å². The molecule has 372 valence electrons. The average Bonchev–Trinajstić information content (AvgIpc) is 3.46. The van der Waals surface area contributed by atoms with Crippen molar-refractivity contribution in [2.45, 2.75) is 0 Å². The highest BCUT2D eigenvalue weighted by atomic mass is 32.4. The molecule has 8 bridgehead atoms. The molecule has 15 rings (SSSR count). The first kappa shape index (κ1) is 51.9. The molecule has 8 aromatic carbocycles. The van der Waals surface area contributed by atoms with Crippen molar-refractivity contribution < 1.29 is 18.1 Å². The first-order chi connectivity index (χ1) is 36.0. The Morgan fingerprint density at radius 1 is 0.311 bits per heavy atom. The third kappa shape index (κ3) is 12.7. The van der Waals surface area contributed by atoms with Gasteiger partial charge in [0.2, 0.25) is 0 Å². The van der Waals surface area contributed by atoms with E-state index in [2.05, 4.69) is 0 Å². The maximum atomic E-state index is 6.58. The second-order valence-corrected chi connectivity index (χ2v) is 27.9. The van der Waals surface area contributed by atoms with E-state index < -0.39 is 29.4 Å². The number of benzene rings is 8. The van der Waals surface area contributed by atoms with Gasteiger partial charge in [0.25, 0.3) is 0 Å². The van der Waals surface area contributed by atoms with E-state index in [0.717, 1.165) is 43.5 Å². The molecule has 7 heterocycles. The summed E-state index contributed by atoms with van der Waals surface area (Å²) < 4.78 is 33.7. The van der Waals surface area contributed by atoms with Gasteiger partial charge in [-0.05, 0) is 167 Å². The van der Waals surface area contributed by atoms with Crippen molar-refractivity contribution in [3.8, 4) is 23.0 Å². The third-order valence-electron chi connectivity index (χ3n) is 11.5. The van der Waals surface area contributed by atoms with E-state index in [-0.39, 0.29) is 0 Å². The molecular formula is C56H52N8O4P4S2. The zero-order valence-electron chi connectivity index (χ0n) is 40.9. The van der Waals surface area contributed by atoms with Gasteiger partial charge in [0, 0.05) is 38.8 Å². The van der Waals surface area contributed by atoms with Gasteiger partial charge in [-0.25, -0.2) is 19.1 Å². The number of nitrogens with zero attached hydrogens (tertiary/aromatic N) is 8. The van der Waals surface area contributed by atoms with Crippen LogP contribution in [0.15, 0.2) is 239 Å². The minimum Gasteiger partial charge on any atom is -0.435 e. The Morgan fingerprint density at radius 3 is 0.757 bits per heavy atom. The Balaban J connectivity index is 1.04. The van der Waals surface area contributed by atoms with Crippen LogP contribution in [0.25, 0.3) is 0 Å². The lowest BCUT2D eigenvalue weighted by molar-refractivity contribution is 0.501. The van der Waals surface area contributed by atoms with E-state index in [1.54, 1.807) is 24.9 Å². The maximum Gasteiger partial charge on any atom is 0.326 e. The largest absolute Gasteiger partial charge is 0.435 e. The zero-order chi connectivity index (χ0) is 51.3. The van der Waals surface area contributed by atoms with Crippen LogP contribution in [0, 0.1) is 0 Å². The molecule has 74 heavy (non-hydrogen) atoms. The molecule has 8 aromatic rings. The second-order valence-electron chi connectivity index (χ2n) is 16.5. The van der Waals surface area contributed by atoms with Crippen LogP contribution in [0.3, 0.4) is 0 Å². The molecule has 0 saturated carbocycles. The molecule has 18 heteroatoms. The van der Waals surface area contributed by atoms with Crippen LogP contribution in [0.2, 0.25) is 0 Å². The van der Waals surface area contributed by atoms with Crippen molar-refractivity contribution in [1.82, 2.24) is 19.1 Å². The summed E-state index contributed by atoms with van der Waals surface area (Å²) in [5.41, 5.74) is 3.45. The van der Waals surface area contributed by atoms with E-state index in [9.17, 15) is 0 Å². The van der Waals surface area contributed by atoms with Crippen LogP contribution in [-0.4, -0.2) is 72.2 Å². The van der Waals surface area contributed by atoms with Crippen LogP contribution in [0.4, 0.5) is 0 Å². The minimum absolute atomic E-state index is 0.648. The first-order valence-electron chi connectivity index (χ1n) is 23.3. The van der Waals surface area contributed by atoms with E-state index >= 15 is 0 Å². The lowest BCUT2D eigenvalue weighted by Crippen LogP contribution is -2.27. The van der Waals surface area contributed by atoms with Crippen molar-refractivity contribution in [3.63, 3.8) is 0 Å². The summed E-state index contributed by atoms with van der Waals surface area (Å²) in [5.74, 6) is 2.59. The fourth-order valence-electron chi connectivity index (χ4n) is 7.36. The highest BCUT2D eigenvalue weighted by Crippen LogP contribution is 2.52. The molecule has 0 aromatic heterocycles. The van der Waals surface area contributed by atoms with Crippen LogP contribution < -0.4 is 39.3 Å². The topological polar surface area (TPSA) is 99.3 Å². The fraction of sp³-hybridized carbons (Fsp3) is 0.0714. The molecule has 0 fully saturated rings. The lowest BCUT2D eigenvalue weighted by atomic mass is 10.2. The minimum atomic E-state index is -2.75.